The van der Waals surface area contributed by atoms with Crippen LogP contribution >= 0.6 is 0 Å². The van der Waals surface area contributed by atoms with Crippen LogP contribution in [-0.2, 0) is 0 Å². The second-order valence-electron chi connectivity index (χ2n) is 10.1. The zero-order valence-corrected chi connectivity index (χ0v) is 21.9. The number of allylic oxidation sites excluding steroid dienone is 1. The van der Waals surface area contributed by atoms with Crippen LogP contribution in [0.4, 0.5) is 10.2 Å². The summed E-state index contributed by atoms with van der Waals surface area (Å²) in [6.45, 7) is 8.01. The van der Waals surface area contributed by atoms with Crippen molar-refractivity contribution in [2.24, 2.45) is 16.8 Å². The first-order valence-corrected chi connectivity index (χ1v) is 13.0. The molecular weight excluding hydrogens is 489 g/mol. The normalized spacial score (nSPS) is 21.1. The number of rotatable bonds is 4. The molecule has 1 aromatic carbocycles. The van der Waals surface area contributed by atoms with E-state index in [1.807, 2.05) is 33.8 Å². The SMILES string of the molecule is CCCNc1nc(=O)n2c3nc(c(C)cc13)-c1c(F)cccc1OCC(O)C(O)C1CC=NC(C(C)C)=C12. The van der Waals surface area contributed by atoms with Crippen molar-refractivity contribution in [2.75, 3.05) is 18.5 Å². The molecule has 3 unspecified atom stereocenters. The van der Waals surface area contributed by atoms with Crippen LogP contribution in [0.2, 0.25) is 0 Å². The molecule has 0 radical (unpaired) electrons. The number of hydrogen-bond donors (Lipinski definition) is 3. The van der Waals surface area contributed by atoms with E-state index >= 15 is 4.39 Å². The highest BCUT2D eigenvalue weighted by molar-refractivity contribution is 5.92. The van der Waals surface area contributed by atoms with Crippen molar-refractivity contribution in [2.45, 2.75) is 52.7 Å². The zero-order valence-electron chi connectivity index (χ0n) is 21.9. The van der Waals surface area contributed by atoms with Gasteiger partial charge in [0.25, 0.3) is 0 Å². The third kappa shape index (κ3) is 4.37. The summed E-state index contributed by atoms with van der Waals surface area (Å²) >= 11 is 0. The highest BCUT2D eigenvalue weighted by Crippen LogP contribution is 2.40. The number of benzene rings is 1. The number of fused-ring (bicyclic) bond motifs is 5. The molecule has 2 bridgehead atoms. The number of aliphatic hydroxyl groups excluding tert-OH is 2. The largest absolute Gasteiger partial charge is 0.490 e. The molecule has 9 nitrogen and oxygen atoms in total. The van der Waals surface area contributed by atoms with Gasteiger partial charge in [-0.15, -0.1) is 0 Å². The smallest absolute Gasteiger partial charge is 0.355 e. The van der Waals surface area contributed by atoms with Gasteiger partial charge in [0.05, 0.1) is 34.1 Å². The predicted molar refractivity (Wildman–Crippen MR) is 145 cm³/mol. The number of aliphatic imine (C=N–C) groups is 1. The standard InChI is InChI=1S/C28H32FN5O4/c1-5-10-31-26-17-12-15(4)23-21-18(29)7-6-8-20(21)38-13-19(35)25(36)16-9-11-30-22(14(2)3)24(16)34(27(17)32-23)28(37)33-26/h6-8,11-12,14,16,19,25,35-36H,5,9-10,13H2,1-4H3,(H,31,33,37). The van der Waals surface area contributed by atoms with Crippen molar-refractivity contribution in [3.05, 3.63) is 51.8 Å². The zero-order chi connectivity index (χ0) is 27.1. The number of hydrogen-bond acceptors (Lipinski definition) is 8. The molecule has 38 heavy (non-hydrogen) atoms. The molecule has 0 amide bonds. The molecule has 2 aromatic heterocycles. The van der Waals surface area contributed by atoms with Gasteiger partial charge in [-0.25, -0.2) is 18.7 Å². The molecule has 2 aliphatic heterocycles. The molecule has 0 aliphatic carbocycles. The average molecular weight is 522 g/mol. The predicted octanol–water partition coefficient (Wildman–Crippen LogP) is 3.76. The maximum atomic E-state index is 15.3. The van der Waals surface area contributed by atoms with Gasteiger partial charge in [0.1, 0.15) is 30.1 Å². The van der Waals surface area contributed by atoms with Crippen LogP contribution in [0.25, 0.3) is 28.0 Å². The Morgan fingerprint density at radius 1 is 1.26 bits per heavy atom. The minimum absolute atomic E-state index is 0.111. The van der Waals surface area contributed by atoms with Gasteiger partial charge in [-0.1, -0.05) is 26.8 Å². The fourth-order valence-corrected chi connectivity index (χ4v) is 5.15. The van der Waals surface area contributed by atoms with Gasteiger partial charge in [0.2, 0.25) is 0 Å². The fraction of sp³-hybridized carbons (Fsp3) is 0.429. The van der Waals surface area contributed by atoms with Gasteiger partial charge in [0.15, 0.2) is 5.65 Å². The van der Waals surface area contributed by atoms with Crippen LogP contribution in [-0.4, -0.2) is 56.3 Å². The van der Waals surface area contributed by atoms with Gasteiger partial charge in [-0.3, -0.25) is 4.99 Å². The van der Waals surface area contributed by atoms with Crippen molar-refractivity contribution in [1.29, 1.82) is 0 Å². The third-order valence-corrected chi connectivity index (χ3v) is 7.02. The monoisotopic (exact) mass is 521 g/mol. The lowest BCUT2D eigenvalue weighted by molar-refractivity contribution is -0.0259. The van der Waals surface area contributed by atoms with Crippen LogP contribution in [0.5, 0.6) is 5.75 Å². The number of aromatic nitrogens is 3. The fourth-order valence-electron chi connectivity index (χ4n) is 5.15. The van der Waals surface area contributed by atoms with Crippen LogP contribution in [0.1, 0.15) is 39.2 Å². The van der Waals surface area contributed by atoms with E-state index in [4.69, 9.17) is 9.72 Å². The average Bonchev–Trinajstić information content (AvgIpc) is 2.89. The van der Waals surface area contributed by atoms with E-state index in [9.17, 15) is 15.0 Å². The quantitative estimate of drug-likeness (QED) is 0.478. The van der Waals surface area contributed by atoms with Crippen molar-refractivity contribution >= 4 is 28.8 Å². The highest BCUT2D eigenvalue weighted by Gasteiger charge is 2.37. The van der Waals surface area contributed by atoms with E-state index in [1.165, 1.54) is 16.7 Å². The number of nitrogens with zero attached hydrogens (tertiary/aromatic N) is 4. The summed E-state index contributed by atoms with van der Waals surface area (Å²) in [5, 5.41) is 26.1. The molecule has 5 rings (SSSR count). The summed E-state index contributed by atoms with van der Waals surface area (Å²) in [5.41, 5.74) is 1.76. The number of pyridine rings is 1. The first-order valence-electron chi connectivity index (χ1n) is 13.0. The summed E-state index contributed by atoms with van der Waals surface area (Å²) in [5.74, 6) is -0.786. The molecule has 3 aromatic rings. The highest BCUT2D eigenvalue weighted by atomic mass is 19.1. The molecule has 0 saturated carbocycles. The number of anilines is 1. The van der Waals surface area contributed by atoms with Crippen molar-refractivity contribution < 1.29 is 19.3 Å². The van der Waals surface area contributed by atoms with Crippen LogP contribution < -0.4 is 15.7 Å². The Bertz CT molecular complexity index is 1510. The maximum absolute atomic E-state index is 15.3. The van der Waals surface area contributed by atoms with E-state index in [1.54, 1.807) is 12.3 Å². The minimum atomic E-state index is -1.32. The first-order chi connectivity index (χ1) is 18.2. The second-order valence-corrected chi connectivity index (χ2v) is 10.1. The van der Waals surface area contributed by atoms with Crippen LogP contribution in [0.3, 0.4) is 0 Å². The summed E-state index contributed by atoms with van der Waals surface area (Å²) in [6.07, 6.45) is 0.180. The van der Waals surface area contributed by atoms with Crippen molar-refractivity contribution in [1.82, 2.24) is 14.5 Å². The van der Waals surface area contributed by atoms with Crippen molar-refractivity contribution in [3.8, 4) is 17.0 Å². The lowest BCUT2D eigenvalue weighted by Gasteiger charge is -2.33. The number of aliphatic hydroxyl groups is 2. The molecule has 2 aliphatic rings. The maximum Gasteiger partial charge on any atom is 0.355 e. The summed E-state index contributed by atoms with van der Waals surface area (Å²) in [6, 6.07) is 6.25. The van der Waals surface area contributed by atoms with Crippen molar-refractivity contribution in [3.63, 3.8) is 0 Å². The van der Waals surface area contributed by atoms with Gasteiger partial charge in [-0.2, -0.15) is 4.98 Å². The minimum Gasteiger partial charge on any atom is -0.490 e. The number of halogens is 1. The Morgan fingerprint density at radius 2 is 2.05 bits per heavy atom. The van der Waals surface area contributed by atoms with E-state index < -0.39 is 29.6 Å². The number of aryl methyl sites for hydroxylation is 1. The van der Waals surface area contributed by atoms with Gasteiger partial charge >= 0.3 is 5.69 Å². The topological polar surface area (TPSA) is 122 Å². The van der Waals surface area contributed by atoms with E-state index in [2.05, 4.69) is 15.3 Å². The molecule has 0 fully saturated rings. The summed E-state index contributed by atoms with van der Waals surface area (Å²) in [4.78, 5) is 27.6. The lowest BCUT2D eigenvalue weighted by atomic mass is 9.86. The Balaban J connectivity index is 1.96. The number of nitrogens with one attached hydrogen (secondary N) is 1. The Labute approximate surface area is 219 Å². The molecule has 200 valence electrons. The lowest BCUT2D eigenvalue weighted by Crippen LogP contribution is -2.42. The number of ether oxygens (including phenoxy) is 1. The van der Waals surface area contributed by atoms with Gasteiger partial charge in [0, 0.05) is 18.7 Å². The van der Waals surface area contributed by atoms with Gasteiger partial charge in [-0.05, 0) is 49.4 Å². The molecule has 0 saturated heterocycles. The van der Waals surface area contributed by atoms with E-state index in [0.717, 1.165) is 6.42 Å². The first kappa shape index (κ1) is 26.0. The van der Waals surface area contributed by atoms with Crippen LogP contribution in [0.15, 0.2) is 39.7 Å². The summed E-state index contributed by atoms with van der Waals surface area (Å²) < 4.78 is 22.6. The third-order valence-electron chi connectivity index (χ3n) is 7.02. The van der Waals surface area contributed by atoms with Gasteiger partial charge < -0.3 is 20.3 Å². The molecule has 10 heteroatoms. The molecule has 0 spiro atoms. The molecular formula is C28H32FN5O4. The molecule has 4 heterocycles. The van der Waals surface area contributed by atoms with E-state index in [0.29, 0.717) is 40.4 Å². The molecule has 3 atom stereocenters. The Morgan fingerprint density at radius 3 is 2.79 bits per heavy atom. The molecule has 3 N–H and O–H groups in total. The summed E-state index contributed by atoms with van der Waals surface area (Å²) in [7, 11) is 0. The van der Waals surface area contributed by atoms with E-state index in [-0.39, 0.29) is 35.9 Å². The second kappa shape index (κ2) is 10.3. The Kier molecular flexibility index (Phi) is 7.02. The van der Waals surface area contributed by atoms with Crippen LogP contribution in [0, 0.1) is 24.6 Å². The Hall–Kier alpha value is -3.63.